The van der Waals surface area contributed by atoms with E-state index in [1.165, 1.54) is 5.56 Å². The second-order valence-corrected chi connectivity index (χ2v) is 7.33. The number of ether oxygens (including phenoxy) is 3. The molecule has 0 aliphatic heterocycles. The Kier molecular flexibility index (Phi) is 6.06. The molecule has 158 valence electrons. The lowest BCUT2D eigenvalue weighted by Gasteiger charge is -2.17. The number of primary amides is 1. The van der Waals surface area contributed by atoms with E-state index in [2.05, 4.69) is 36.6 Å². The van der Waals surface area contributed by atoms with Gasteiger partial charge in [0.15, 0.2) is 11.5 Å². The molecule has 2 N–H and O–H groups in total. The molecule has 3 aromatic rings. The van der Waals surface area contributed by atoms with Gasteiger partial charge in [0.1, 0.15) is 0 Å². The molecule has 1 amide bonds. The molecule has 0 radical (unpaired) electrons. The number of aromatic nitrogens is 1. The maximum atomic E-state index is 12.0. The second-order valence-electron chi connectivity index (χ2n) is 7.33. The molecule has 0 aliphatic carbocycles. The van der Waals surface area contributed by atoms with Crippen molar-refractivity contribution in [3.8, 4) is 28.5 Å². The molecule has 0 spiro atoms. The average molecular weight is 408 g/mol. The minimum absolute atomic E-state index is 0.442. The fourth-order valence-corrected chi connectivity index (χ4v) is 3.83. The highest BCUT2D eigenvalue weighted by Gasteiger charge is 2.20. The lowest BCUT2D eigenvalue weighted by atomic mass is 10.0. The van der Waals surface area contributed by atoms with Gasteiger partial charge in [-0.25, -0.2) is 0 Å². The van der Waals surface area contributed by atoms with Crippen LogP contribution in [0.4, 0.5) is 0 Å². The Morgan fingerprint density at radius 2 is 1.57 bits per heavy atom. The van der Waals surface area contributed by atoms with Gasteiger partial charge in [0, 0.05) is 23.5 Å². The Morgan fingerprint density at radius 3 is 2.07 bits per heavy atom. The quantitative estimate of drug-likeness (QED) is 0.634. The molecule has 0 aliphatic rings. The first-order chi connectivity index (χ1) is 14.3. The van der Waals surface area contributed by atoms with Gasteiger partial charge in [-0.3, -0.25) is 4.79 Å². The minimum atomic E-state index is -0.442. The third kappa shape index (κ3) is 3.85. The van der Waals surface area contributed by atoms with Crippen molar-refractivity contribution in [3.05, 3.63) is 64.3 Å². The monoisotopic (exact) mass is 408 g/mol. The van der Waals surface area contributed by atoms with Crippen LogP contribution in [0.25, 0.3) is 11.3 Å². The molecule has 6 nitrogen and oxygen atoms in total. The number of nitrogens with zero attached hydrogens (tertiary/aromatic N) is 1. The van der Waals surface area contributed by atoms with E-state index in [4.69, 9.17) is 19.9 Å². The number of aryl methyl sites for hydroxylation is 2. The van der Waals surface area contributed by atoms with Gasteiger partial charge in [0.05, 0.1) is 26.9 Å². The summed E-state index contributed by atoms with van der Waals surface area (Å²) in [6.45, 7) is 6.55. The predicted octanol–water partition coefficient (Wildman–Crippen LogP) is 4.25. The Labute approximate surface area is 177 Å². The molecule has 0 fully saturated rings. The molecular formula is C24H28N2O4. The summed E-state index contributed by atoms with van der Waals surface area (Å²) in [6.07, 6.45) is 0. The summed E-state index contributed by atoms with van der Waals surface area (Å²) in [6, 6.07) is 12.0. The number of nitrogens with two attached hydrogens (primary N) is 1. The summed E-state index contributed by atoms with van der Waals surface area (Å²) in [5, 5.41) is 0. The predicted molar refractivity (Wildman–Crippen MR) is 118 cm³/mol. The number of benzene rings is 2. The molecule has 0 saturated carbocycles. The van der Waals surface area contributed by atoms with Crippen LogP contribution in [0.2, 0.25) is 0 Å². The molecule has 30 heavy (non-hydrogen) atoms. The zero-order chi connectivity index (χ0) is 22.0. The maximum absolute atomic E-state index is 12.0. The van der Waals surface area contributed by atoms with Crippen LogP contribution >= 0.6 is 0 Å². The largest absolute Gasteiger partial charge is 0.493 e. The number of hydrogen-bond donors (Lipinski definition) is 1. The van der Waals surface area contributed by atoms with E-state index in [0.717, 1.165) is 28.1 Å². The number of amides is 1. The van der Waals surface area contributed by atoms with Crippen molar-refractivity contribution in [3.63, 3.8) is 0 Å². The van der Waals surface area contributed by atoms with Gasteiger partial charge in [-0.15, -0.1) is 0 Å². The highest BCUT2D eigenvalue weighted by molar-refractivity contribution is 5.95. The van der Waals surface area contributed by atoms with E-state index >= 15 is 0 Å². The molecule has 0 atom stereocenters. The van der Waals surface area contributed by atoms with Gasteiger partial charge in [-0.1, -0.05) is 23.8 Å². The van der Waals surface area contributed by atoms with Gasteiger partial charge in [0.2, 0.25) is 5.75 Å². The number of carbonyl (C=O) groups is 1. The smallest absolute Gasteiger partial charge is 0.250 e. The lowest BCUT2D eigenvalue weighted by molar-refractivity contribution is 0.0999. The van der Waals surface area contributed by atoms with Crippen molar-refractivity contribution in [2.75, 3.05) is 21.3 Å². The maximum Gasteiger partial charge on any atom is 0.250 e. The van der Waals surface area contributed by atoms with E-state index in [1.54, 1.807) is 21.3 Å². The van der Waals surface area contributed by atoms with Crippen LogP contribution in [0.1, 0.15) is 32.7 Å². The summed E-state index contributed by atoms with van der Waals surface area (Å²) in [5.41, 5.74) is 12.2. The topological polar surface area (TPSA) is 75.7 Å². The fourth-order valence-electron chi connectivity index (χ4n) is 3.83. The molecule has 6 heteroatoms. The summed E-state index contributed by atoms with van der Waals surface area (Å²) >= 11 is 0. The number of carbonyl (C=O) groups excluding carboxylic acids is 1. The van der Waals surface area contributed by atoms with Crippen LogP contribution in [-0.2, 0) is 6.54 Å². The van der Waals surface area contributed by atoms with Gasteiger partial charge in [0.25, 0.3) is 5.91 Å². The first-order valence-corrected chi connectivity index (χ1v) is 9.67. The number of rotatable bonds is 7. The van der Waals surface area contributed by atoms with Gasteiger partial charge in [-0.05, 0) is 50.1 Å². The molecule has 3 rings (SSSR count). The molecule has 1 aromatic heterocycles. The van der Waals surface area contributed by atoms with Crippen molar-refractivity contribution >= 4 is 5.91 Å². The molecule has 0 bridgehead atoms. The van der Waals surface area contributed by atoms with Crippen molar-refractivity contribution in [2.24, 2.45) is 5.73 Å². The Morgan fingerprint density at radius 1 is 0.933 bits per heavy atom. The first kappa shape index (κ1) is 21.3. The van der Waals surface area contributed by atoms with Crippen LogP contribution in [0.3, 0.4) is 0 Å². The van der Waals surface area contributed by atoms with Gasteiger partial charge < -0.3 is 24.5 Å². The SMILES string of the molecule is COc1cc(Cn2c(-c3ccc(C)cc3C)cc(C(N)=O)c2C)cc(OC)c1OC. The third-order valence-electron chi connectivity index (χ3n) is 5.36. The van der Waals surface area contributed by atoms with E-state index in [1.807, 2.05) is 25.1 Å². The van der Waals surface area contributed by atoms with Crippen LogP contribution in [-0.4, -0.2) is 31.8 Å². The normalized spacial score (nSPS) is 10.7. The minimum Gasteiger partial charge on any atom is -0.493 e. The van der Waals surface area contributed by atoms with E-state index in [9.17, 15) is 4.79 Å². The summed E-state index contributed by atoms with van der Waals surface area (Å²) in [7, 11) is 4.76. The zero-order valence-electron chi connectivity index (χ0n) is 18.3. The van der Waals surface area contributed by atoms with Crippen LogP contribution in [0, 0.1) is 20.8 Å². The molecular weight excluding hydrogens is 380 g/mol. The molecule has 0 unspecified atom stereocenters. The van der Waals surface area contributed by atoms with Crippen molar-refractivity contribution in [1.29, 1.82) is 0 Å². The zero-order valence-corrected chi connectivity index (χ0v) is 18.3. The van der Waals surface area contributed by atoms with Crippen molar-refractivity contribution in [1.82, 2.24) is 4.57 Å². The Hall–Kier alpha value is -3.41. The third-order valence-corrected chi connectivity index (χ3v) is 5.36. The van der Waals surface area contributed by atoms with Crippen molar-refractivity contribution in [2.45, 2.75) is 27.3 Å². The summed E-state index contributed by atoms with van der Waals surface area (Å²) in [4.78, 5) is 12.0. The molecule has 1 heterocycles. The molecule has 0 saturated heterocycles. The van der Waals surface area contributed by atoms with Crippen molar-refractivity contribution < 1.29 is 19.0 Å². The second kappa shape index (κ2) is 8.53. The first-order valence-electron chi connectivity index (χ1n) is 9.67. The standard InChI is InChI=1S/C24H28N2O4/c1-14-7-8-18(15(2)9-14)20-12-19(24(25)27)16(3)26(20)13-17-10-21(28-4)23(30-6)22(11-17)29-5/h7-12H,13H2,1-6H3,(H2,25,27). The highest BCUT2D eigenvalue weighted by Crippen LogP contribution is 2.39. The molecule has 2 aromatic carbocycles. The van der Waals surface area contributed by atoms with Crippen LogP contribution in [0.15, 0.2) is 36.4 Å². The Bertz CT molecular complexity index is 1070. The van der Waals surface area contributed by atoms with Gasteiger partial charge in [-0.2, -0.15) is 0 Å². The van der Waals surface area contributed by atoms with Crippen LogP contribution < -0.4 is 19.9 Å². The average Bonchev–Trinajstić information content (AvgIpc) is 3.03. The highest BCUT2D eigenvalue weighted by atomic mass is 16.5. The van der Waals surface area contributed by atoms with E-state index in [0.29, 0.717) is 29.4 Å². The summed E-state index contributed by atoms with van der Waals surface area (Å²) in [5.74, 6) is 1.27. The number of methoxy groups -OCH3 is 3. The number of hydrogen-bond acceptors (Lipinski definition) is 4. The van der Waals surface area contributed by atoms with Crippen LogP contribution in [0.5, 0.6) is 17.2 Å². The lowest BCUT2D eigenvalue weighted by Crippen LogP contribution is -2.13. The van der Waals surface area contributed by atoms with E-state index < -0.39 is 5.91 Å². The van der Waals surface area contributed by atoms with E-state index in [-0.39, 0.29) is 0 Å². The fraction of sp³-hybridized carbons (Fsp3) is 0.292. The summed E-state index contributed by atoms with van der Waals surface area (Å²) < 4.78 is 18.5. The Balaban J connectivity index is 2.18. The van der Waals surface area contributed by atoms with Gasteiger partial charge >= 0.3 is 0 Å².